The molecule has 2 amide bonds. The number of halogens is 1. The molecular formula is C16H21BrN2O4S. The summed E-state index contributed by atoms with van der Waals surface area (Å²) in [6.07, 6.45) is 2.51. The van der Waals surface area contributed by atoms with Crippen molar-refractivity contribution in [3.8, 4) is 0 Å². The van der Waals surface area contributed by atoms with Crippen LogP contribution in [-0.4, -0.2) is 49.5 Å². The number of carbonyl (C=O) groups excluding carboxylic acids is 3. The van der Waals surface area contributed by atoms with E-state index < -0.39 is 12.0 Å². The predicted octanol–water partition coefficient (Wildman–Crippen LogP) is 1.98. The van der Waals surface area contributed by atoms with Gasteiger partial charge < -0.3 is 15.4 Å². The van der Waals surface area contributed by atoms with Gasteiger partial charge in [0, 0.05) is 17.4 Å². The van der Waals surface area contributed by atoms with Crippen LogP contribution in [0.4, 0.5) is 0 Å². The van der Waals surface area contributed by atoms with E-state index in [-0.39, 0.29) is 24.8 Å². The van der Waals surface area contributed by atoms with E-state index in [9.17, 15) is 14.4 Å². The van der Waals surface area contributed by atoms with Crippen LogP contribution >= 0.6 is 27.7 Å². The number of thioether (sulfide) groups is 1. The molecule has 0 aliphatic rings. The summed E-state index contributed by atoms with van der Waals surface area (Å²) >= 11 is 4.89. The number of hydrogen-bond acceptors (Lipinski definition) is 5. The summed E-state index contributed by atoms with van der Waals surface area (Å²) in [6.45, 7) is 0.183. The monoisotopic (exact) mass is 416 g/mol. The lowest BCUT2D eigenvalue weighted by molar-refractivity contribution is -0.145. The van der Waals surface area contributed by atoms with E-state index in [0.29, 0.717) is 16.5 Å². The normalized spacial score (nSPS) is 11.5. The van der Waals surface area contributed by atoms with Gasteiger partial charge in [0.2, 0.25) is 5.91 Å². The van der Waals surface area contributed by atoms with Crippen molar-refractivity contribution in [1.82, 2.24) is 10.6 Å². The number of esters is 1. The van der Waals surface area contributed by atoms with Gasteiger partial charge in [-0.2, -0.15) is 11.8 Å². The Labute approximate surface area is 154 Å². The van der Waals surface area contributed by atoms with Gasteiger partial charge >= 0.3 is 5.97 Å². The Bertz CT molecular complexity index is 583. The Morgan fingerprint density at radius 3 is 2.62 bits per heavy atom. The summed E-state index contributed by atoms with van der Waals surface area (Å²) in [4.78, 5) is 35.6. The molecule has 0 aromatic heterocycles. The second kappa shape index (κ2) is 11.1. The summed E-state index contributed by atoms with van der Waals surface area (Å²) in [5, 5.41) is 5.32. The Kier molecular flexibility index (Phi) is 9.48. The fourth-order valence-electron chi connectivity index (χ4n) is 1.92. The molecule has 2 N–H and O–H groups in total. The maximum atomic E-state index is 12.0. The van der Waals surface area contributed by atoms with Crippen molar-refractivity contribution in [2.75, 3.05) is 25.7 Å². The molecule has 24 heavy (non-hydrogen) atoms. The zero-order valence-electron chi connectivity index (χ0n) is 13.6. The Morgan fingerprint density at radius 2 is 2.00 bits per heavy atom. The Hall–Kier alpha value is -1.54. The van der Waals surface area contributed by atoms with Crippen LogP contribution in [0.15, 0.2) is 28.7 Å². The number of methoxy groups -OCH3 is 1. The molecule has 0 aliphatic heterocycles. The van der Waals surface area contributed by atoms with Crippen LogP contribution in [0.2, 0.25) is 0 Å². The van der Waals surface area contributed by atoms with Gasteiger partial charge in [-0.05, 0) is 46.5 Å². The maximum absolute atomic E-state index is 12.0. The van der Waals surface area contributed by atoms with E-state index >= 15 is 0 Å². The summed E-state index contributed by atoms with van der Waals surface area (Å²) < 4.78 is 5.38. The maximum Gasteiger partial charge on any atom is 0.328 e. The van der Waals surface area contributed by atoms with Gasteiger partial charge in [-0.15, -0.1) is 0 Å². The lowest BCUT2D eigenvalue weighted by Crippen LogP contribution is -2.43. The highest BCUT2D eigenvalue weighted by Crippen LogP contribution is 2.15. The minimum absolute atomic E-state index is 0.0863. The van der Waals surface area contributed by atoms with Gasteiger partial charge in [-0.25, -0.2) is 4.79 Å². The molecule has 1 aromatic carbocycles. The smallest absolute Gasteiger partial charge is 0.328 e. The molecule has 0 aliphatic carbocycles. The van der Waals surface area contributed by atoms with Crippen molar-refractivity contribution in [2.45, 2.75) is 18.9 Å². The molecule has 132 valence electrons. The minimum atomic E-state index is -0.658. The first-order valence-corrected chi connectivity index (χ1v) is 9.57. The molecule has 0 bridgehead atoms. The number of amides is 2. The minimum Gasteiger partial charge on any atom is -0.467 e. The second-order valence-corrected chi connectivity index (χ2v) is 6.75. The third kappa shape index (κ3) is 6.92. The average molecular weight is 417 g/mol. The SMILES string of the molecule is COC(=O)C(CCSC)NC(=O)CCNC(=O)c1ccccc1Br. The van der Waals surface area contributed by atoms with Crippen molar-refractivity contribution in [2.24, 2.45) is 0 Å². The highest BCUT2D eigenvalue weighted by atomic mass is 79.9. The first-order valence-electron chi connectivity index (χ1n) is 7.38. The van der Waals surface area contributed by atoms with Crippen LogP contribution in [0, 0.1) is 0 Å². The standard InChI is InChI=1S/C16H21BrN2O4S/c1-23-16(22)13(8-10-24-2)19-14(20)7-9-18-15(21)11-5-3-4-6-12(11)17/h3-6,13H,7-10H2,1-2H3,(H,18,21)(H,19,20). The van der Waals surface area contributed by atoms with Crippen LogP contribution in [-0.2, 0) is 14.3 Å². The van der Waals surface area contributed by atoms with Crippen LogP contribution in [0.5, 0.6) is 0 Å². The van der Waals surface area contributed by atoms with Crippen LogP contribution in [0.1, 0.15) is 23.2 Å². The van der Waals surface area contributed by atoms with Crippen molar-refractivity contribution in [1.29, 1.82) is 0 Å². The van der Waals surface area contributed by atoms with E-state index in [1.807, 2.05) is 12.3 Å². The summed E-state index contributed by atoms with van der Waals surface area (Å²) in [5.41, 5.74) is 0.505. The highest BCUT2D eigenvalue weighted by Gasteiger charge is 2.20. The molecule has 1 atom stereocenters. The number of hydrogen-bond donors (Lipinski definition) is 2. The van der Waals surface area contributed by atoms with Gasteiger partial charge in [0.15, 0.2) is 0 Å². The molecule has 6 nitrogen and oxygen atoms in total. The zero-order chi connectivity index (χ0) is 17.9. The Balaban J connectivity index is 2.43. The molecule has 0 fully saturated rings. The molecule has 1 rings (SSSR count). The number of carbonyl (C=O) groups is 3. The molecule has 0 heterocycles. The van der Waals surface area contributed by atoms with E-state index in [1.54, 1.807) is 30.0 Å². The van der Waals surface area contributed by atoms with Crippen LogP contribution < -0.4 is 10.6 Å². The van der Waals surface area contributed by atoms with Crippen molar-refractivity contribution in [3.63, 3.8) is 0 Å². The van der Waals surface area contributed by atoms with Crippen LogP contribution in [0.25, 0.3) is 0 Å². The number of ether oxygens (including phenoxy) is 1. The first kappa shape index (κ1) is 20.5. The number of nitrogens with one attached hydrogen (secondary N) is 2. The van der Waals surface area contributed by atoms with E-state index in [1.165, 1.54) is 7.11 Å². The van der Waals surface area contributed by atoms with Crippen molar-refractivity contribution >= 4 is 45.5 Å². The summed E-state index contributed by atoms with van der Waals surface area (Å²) in [5.74, 6) is -0.297. The van der Waals surface area contributed by atoms with Gasteiger partial charge in [-0.1, -0.05) is 12.1 Å². The highest BCUT2D eigenvalue weighted by molar-refractivity contribution is 9.10. The predicted molar refractivity (Wildman–Crippen MR) is 98.0 cm³/mol. The van der Waals surface area contributed by atoms with Gasteiger partial charge in [0.1, 0.15) is 6.04 Å². The van der Waals surface area contributed by atoms with Gasteiger partial charge in [0.05, 0.1) is 12.7 Å². The van der Waals surface area contributed by atoms with Gasteiger partial charge in [0.25, 0.3) is 5.91 Å². The second-order valence-electron chi connectivity index (χ2n) is 4.91. The lowest BCUT2D eigenvalue weighted by atomic mass is 10.2. The molecule has 0 spiro atoms. The number of rotatable bonds is 9. The molecule has 8 heteroatoms. The fraction of sp³-hybridized carbons (Fsp3) is 0.438. The van der Waals surface area contributed by atoms with Crippen LogP contribution in [0.3, 0.4) is 0 Å². The average Bonchev–Trinajstić information content (AvgIpc) is 2.58. The Morgan fingerprint density at radius 1 is 1.29 bits per heavy atom. The molecular weight excluding hydrogens is 396 g/mol. The van der Waals surface area contributed by atoms with Crippen molar-refractivity contribution in [3.05, 3.63) is 34.3 Å². The lowest BCUT2D eigenvalue weighted by Gasteiger charge is -2.16. The molecule has 0 saturated heterocycles. The van der Waals surface area contributed by atoms with E-state index in [0.717, 1.165) is 5.75 Å². The largest absolute Gasteiger partial charge is 0.467 e. The quantitative estimate of drug-likeness (QED) is 0.601. The summed E-state index contributed by atoms with van der Waals surface area (Å²) in [7, 11) is 1.29. The molecule has 0 radical (unpaired) electrons. The zero-order valence-corrected chi connectivity index (χ0v) is 16.0. The van der Waals surface area contributed by atoms with Crippen molar-refractivity contribution < 1.29 is 19.1 Å². The molecule has 0 saturated carbocycles. The molecule has 1 unspecified atom stereocenters. The molecule has 1 aromatic rings. The van der Waals surface area contributed by atoms with E-state index in [2.05, 4.69) is 31.3 Å². The first-order chi connectivity index (χ1) is 11.5. The van der Waals surface area contributed by atoms with Gasteiger partial charge in [-0.3, -0.25) is 9.59 Å². The fourth-order valence-corrected chi connectivity index (χ4v) is 2.86. The summed E-state index contributed by atoms with van der Waals surface area (Å²) in [6, 6.07) is 6.38. The third-order valence-electron chi connectivity index (χ3n) is 3.19. The third-order valence-corrected chi connectivity index (χ3v) is 4.52. The number of benzene rings is 1. The van der Waals surface area contributed by atoms with E-state index in [4.69, 9.17) is 0 Å². The topological polar surface area (TPSA) is 84.5 Å².